The van der Waals surface area contributed by atoms with Crippen molar-refractivity contribution in [3.8, 4) is 0 Å². The van der Waals surface area contributed by atoms with Gasteiger partial charge in [0.2, 0.25) is 0 Å². The largest absolute Gasteiger partial charge is 0.465 e. The molecule has 0 aromatic rings. The summed E-state index contributed by atoms with van der Waals surface area (Å²) in [6, 6.07) is 0. The fourth-order valence-electron chi connectivity index (χ4n) is 3.91. The van der Waals surface area contributed by atoms with Crippen molar-refractivity contribution in [1.29, 1.82) is 0 Å². The molecular formula is C14H18O4. The highest BCUT2D eigenvalue weighted by Crippen LogP contribution is 2.54. The smallest absolute Gasteiger partial charge is 0.334 e. The zero-order valence-electron chi connectivity index (χ0n) is 10.8. The van der Waals surface area contributed by atoms with Crippen LogP contribution >= 0.6 is 0 Å². The molecule has 0 N–H and O–H groups in total. The van der Waals surface area contributed by atoms with Crippen LogP contribution in [0.15, 0.2) is 12.2 Å². The Balaban J connectivity index is 1.98. The first kappa shape index (κ1) is 11.8. The minimum atomic E-state index is -0.291. The van der Waals surface area contributed by atoms with Crippen molar-refractivity contribution in [2.24, 2.45) is 23.2 Å². The summed E-state index contributed by atoms with van der Waals surface area (Å²) in [6.07, 6.45) is 1.66. The van der Waals surface area contributed by atoms with Gasteiger partial charge in [-0.25, -0.2) is 4.79 Å². The van der Waals surface area contributed by atoms with Crippen LogP contribution in [-0.4, -0.2) is 24.6 Å². The van der Waals surface area contributed by atoms with E-state index in [4.69, 9.17) is 9.47 Å². The van der Waals surface area contributed by atoms with Gasteiger partial charge in [-0.1, -0.05) is 20.4 Å². The van der Waals surface area contributed by atoms with Crippen LogP contribution in [0, 0.1) is 23.2 Å². The Morgan fingerprint density at radius 1 is 1.39 bits per heavy atom. The molecule has 5 atom stereocenters. The molecule has 0 radical (unpaired) electrons. The van der Waals surface area contributed by atoms with E-state index in [0.717, 1.165) is 12.8 Å². The Morgan fingerprint density at radius 2 is 2.11 bits per heavy atom. The Morgan fingerprint density at radius 3 is 2.83 bits per heavy atom. The van der Waals surface area contributed by atoms with E-state index in [9.17, 15) is 9.59 Å². The lowest BCUT2D eigenvalue weighted by Crippen LogP contribution is -2.54. The fraction of sp³-hybridized carbons (Fsp3) is 0.714. The maximum absolute atomic E-state index is 11.8. The van der Waals surface area contributed by atoms with Gasteiger partial charge in [-0.3, -0.25) is 4.79 Å². The average molecular weight is 250 g/mol. The molecule has 1 aliphatic carbocycles. The molecule has 0 aromatic carbocycles. The third-order valence-corrected chi connectivity index (χ3v) is 4.99. The SMILES string of the molecule is C=C1C(=O)OC2C1CCC1(C)COC(=O)C(C)C21. The zero-order valence-corrected chi connectivity index (χ0v) is 10.8. The van der Waals surface area contributed by atoms with Crippen molar-refractivity contribution < 1.29 is 19.1 Å². The Bertz CT molecular complexity index is 441. The Hall–Kier alpha value is -1.32. The van der Waals surface area contributed by atoms with Gasteiger partial charge in [0.1, 0.15) is 6.10 Å². The molecule has 0 bridgehead atoms. The molecule has 4 heteroatoms. The maximum Gasteiger partial charge on any atom is 0.334 e. The van der Waals surface area contributed by atoms with Crippen molar-refractivity contribution in [2.45, 2.75) is 32.8 Å². The molecule has 18 heavy (non-hydrogen) atoms. The summed E-state index contributed by atoms with van der Waals surface area (Å²) in [6.45, 7) is 8.28. The number of cyclic esters (lactones) is 1. The average Bonchev–Trinajstić information content (AvgIpc) is 2.60. The van der Waals surface area contributed by atoms with Gasteiger partial charge in [-0.05, 0) is 12.8 Å². The van der Waals surface area contributed by atoms with Crippen molar-refractivity contribution >= 4 is 11.9 Å². The van der Waals surface area contributed by atoms with Gasteiger partial charge in [0, 0.05) is 22.8 Å². The van der Waals surface area contributed by atoms with Crippen LogP contribution in [0.5, 0.6) is 0 Å². The summed E-state index contributed by atoms with van der Waals surface area (Å²) in [5.74, 6) is -0.535. The van der Waals surface area contributed by atoms with Crippen LogP contribution in [0.4, 0.5) is 0 Å². The first-order valence-corrected chi connectivity index (χ1v) is 6.50. The molecule has 2 aliphatic heterocycles. The predicted octanol–water partition coefficient (Wildman–Crippen LogP) is 1.69. The molecule has 3 aliphatic rings. The van der Waals surface area contributed by atoms with Gasteiger partial charge in [-0.2, -0.15) is 0 Å². The van der Waals surface area contributed by atoms with Gasteiger partial charge in [0.25, 0.3) is 0 Å². The number of carbonyl (C=O) groups excluding carboxylic acids is 2. The predicted molar refractivity (Wildman–Crippen MR) is 63.5 cm³/mol. The summed E-state index contributed by atoms with van der Waals surface area (Å²) in [4.78, 5) is 23.4. The minimum absolute atomic E-state index is 0.0562. The molecule has 4 nitrogen and oxygen atoms in total. The molecule has 2 heterocycles. The number of carbonyl (C=O) groups is 2. The van der Waals surface area contributed by atoms with Gasteiger partial charge >= 0.3 is 11.9 Å². The van der Waals surface area contributed by atoms with E-state index < -0.39 is 0 Å². The third-order valence-electron chi connectivity index (χ3n) is 4.99. The topological polar surface area (TPSA) is 52.6 Å². The molecule has 0 aromatic heterocycles. The summed E-state index contributed by atoms with van der Waals surface area (Å²) in [5, 5.41) is 0. The van der Waals surface area contributed by atoms with Crippen LogP contribution in [0.1, 0.15) is 26.7 Å². The lowest BCUT2D eigenvalue weighted by molar-refractivity contribution is -0.187. The lowest BCUT2D eigenvalue weighted by Gasteiger charge is -2.50. The highest BCUT2D eigenvalue weighted by Gasteiger charge is 2.58. The van der Waals surface area contributed by atoms with Crippen molar-refractivity contribution in [2.75, 3.05) is 6.61 Å². The van der Waals surface area contributed by atoms with E-state index in [0.29, 0.717) is 12.2 Å². The Kier molecular flexibility index (Phi) is 2.34. The lowest BCUT2D eigenvalue weighted by atomic mass is 9.58. The van der Waals surface area contributed by atoms with E-state index in [2.05, 4.69) is 13.5 Å². The maximum atomic E-state index is 11.8. The van der Waals surface area contributed by atoms with E-state index in [-0.39, 0.29) is 41.2 Å². The summed E-state index contributed by atoms with van der Waals surface area (Å²) in [5.41, 5.74) is 0.507. The van der Waals surface area contributed by atoms with Gasteiger partial charge in [0.05, 0.1) is 12.5 Å². The quantitative estimate of drug-likeness (QED) is 0.485. The molecule has 1 saturated carbocycles. The molecule has 3 fully saturated rings. The van der Waals surface area contributed by atoms with E-state index >= 15 is 0 Å². The molecule has 98 valence electrons. The number of ether oxygens (including phenoxy) is 2. The summed E-state index contributed by atoms with van der Waals surface area (Å²) in [7, 11) is 0. The fourth-order valence-corrected chi connectivity index (χ4v) is 3.91. The van der Waals surface area contributed by atoms with Crippen LogP contribution in [0.25, 0.3) is 0 Å². The number of rotatable bonds is 0. The van der Waals surface area contributed by atoms with Gasteiger partial charge < -0.3 is 9.47 Å². The van der Waals surface area contributed by atoms with Gasteiger partial charge in [0.15, 0.2) is 0 Å². The number of esters is 2. The molecule has 2 saturated heterocycles. The number of fused-ring (bicyclic) bond motifs is 3. The van der Waals surface area contributed by atoms with Crippen LogP contribution in [-0.2, 0) is 19.1 Å². The normalized spacial score (nSPS) is 47.1. The second kappa shape index (κ2) is 3.59. The van der Waals surface area contributed by atoms with Crippen LogP contribution < -0.4 is 0 Å². The molecule has 5 unspecified atom stereocenters. The van der Waals surface area contributed by atoms with E-state index in [1.807, 2.05) is 6.92 Å². The van der Waals surface area contributed by atoms with E-state index in [1.165, 1.54) is 0 Å². The zero-order chi connectivity index (χ0) is 13.1. The molecule has 0 amide bonds. The summed E-state index contributed by atoms with van der Waals surface area (Å²) >= 11 is 0. The third kappa shape index (κ3) is 1.38. The molecule has 0 spiro atoms. The Labute approximate surface area is 106 Å². The molecule has 3 rings (SSSR count). The first-order valence-electron chi connectivity index (χ1n) is 6.50. The summed E-state index contributed by atoms with van der Waals surface area (Å²) < 4.78 is 10.7. The van der Waals surface area contributed by atoms with Crippen LogP contribution in [0.3, 0.4) is 0 Å². The molecular weight excluding hydrogens is 232 g/mol. The minimum Gasteiger partial charge on any atom is -0.465 e. The monoisotopic (exact) mass is 250 g/mol. The van der Waals surface area contributed by atoms with E-state index in [1.54, 1.807) is 0 Å². The first-order chi connectivity index (χ1) is 8.44. The van der Waals surface area contributed by atoms with Gasteiger partial charge in [-0.15, -0.1) is 0 Å². The second-order valence-electron chi connectivity index (χ2n) is 6.12. The van der Waals surface area contributed by atoms with Crippen molar-refractivity contribution in [1.82, 2.24) is 0 Å². The highest BCUT2D eigenvalue weighted by atomic mass is 16.6. The van der Waals surface area contributed by atoms with Crippen molar-refractivity contribution in [3.63, 3.8) is 0 Å². The number of hydrogen-bond donors (Lipinski definition) is 0. The standard InChI is InChI=1S/C14H18O4/c1-7-9-4-5-14(3)6-17-12(15)8(2)10(14)11(9)18-13(7)16/h8-11H,1,4-6H2,2-3H3. The second-order valence-corrected chi connectivity index (χ2v) is 6.12. The number of hydrogen-bond acceptors (Lipinski definition) is 4. The van der Waals surface area contributed by atoms with Crippen LogP contribution in [0.2, 0.25) is 0 Å². The highest BCUT2D eigenvalue weighted by molar-refractivity contribution is 5.91. The van der Waals surface area contributed by atoms with Crippen molar-refractivity contribution in [3.05, 3.63) is 12.2 Å².